The van der Waals surface area contributed by atoms with Crippen molar-refractivity contribution < 1.29 is 14.1 Å². The summed E-state index contributed by atoms with van der Waals surface area (Å²) in [4.78, 5) is 13.8. The Hall–Kier alpha value is -3.42. The molecule has 0 atom stereocenters. The average Bonchev–Trinajstić information content (AvgIpc) is 3.16. The van der Waals surface area contributed by atoms with E-state index in [0.29, 0.717) is 18.7 Å². The lowest BCUT2D eigenvalue weighted by Gasteiger charge is -2.15. The molecule has 6 rings (SSSR count). The van der Waals surface area contributed by atoms with Crippen molar-refractivity contribution in [2.45, 2.75) is 57.4 Å². The number of ether oxygens (including phenoxy) is 1. The number of thiazole rings is 1. The smallest absolute Gasteiger partial charge is 0.143 e. The van der Waals surface area contributed by atoms with Crippen LogP contribution in [-0.2, 0) is 23.1 Å². The molecule has 3 aromatic heterocycles. The molecule has 38 heavy (non-hydrogen) atoms. The Bertz CT molecular complexity index is 1610. The van der Waals surface area contributed by atoms with Gasteiger partial charge in [-0.15, -0.1) is 11.3 Å². The normalized spacial score (nSPS) is 14.8. The first-order valence-electron chi connectivity index (χ1n) is 13.1. The maximum atomic E-state index is 12.6. The van der Waals surface area contributed by atoms with E-state index in [-0.39, 0.29) is 23.2 Å². The van der Waals surface area contributed by atoms with Gasteiger partial charge >= 0.3 is 0 Å². The molecular weight excluding hydrogens is 494 g/mol. The number of carbonyl (C=O) groups excluding carboxylic acids is 1. The van der Waals surface area contributed by atoms with Crippen LogP contribution in [0.4, 0.5) is 0 Å². The molecule has 1 N–H and O–H groups in total. The van der Waals surface area contributed by atoms with E-state index in [2.05, 4.69) is 78.2 Å². The molecule has 7 heteroatoms. The van der Waals surface area contributed by atoms with Gasteiger partial charge in [0, 0.05) is 29.7 Å². The number of hydrogen-bond acceptors (Lipinski definition) is 6. The van der Waals surface area contributed by atoms with Gasteiger partial charge in [-0.1, -0.05) is 50.2 Å². The van der Waals surface area contributed by atoms with Crippen LogP contribution in [0.2, 0.25) is 0 Å². The van der Waals surface area contributed by atoms with Crippen LogP contribution in [-0.4, -0.2) is 34.5 Å². The predicted molar refractivity (Wildman–Crippen MR) is 152 cm³/mol. The van der Waals surface area contributed by atoms with Crippen molar-refractivity contribution in [3.63, 3.8) is 0 Å². The molecule has 0 amide bonds. The molecule has 0 radical (unpaired) electrons. The largest absolute Gasteiger partial charge is 0.492 e. The summed E-state index contributed by atoms with van der Waals surface area (Å²) in [5.41, 5.74) is 5.24. The van der Waals surface area contributed by atoms with E-state index in [9.17, 15) is 4.79 Å². The predicted octanol–water partition coefficient (Wildman–Crippen LogP) is 6.59. The number of nitrogens with zero attached hydrogens (tertiary/aromatic N) is 2. The van der Waals surface area contributed by atoms with Gasteiger partial charge in [0.15, 0.2) is 0 Å². The van der Waals surface area contributed by atoms with Gasteiger partial charge in [-0.2, -0.15) is 0 Å². The quantitative estimate of drug-likeness (QED) is 0.234. The fraction of sp³-hybridized carbons (Fsp3) is 0.355. The second-order valence-electron chi connectivity index (χ2n) is 11.5. The molecular formula is C31H33N3O3S. The van der Waals surface area contributed by atoms with Crippen molar-refractivity contribution in [1.82, 2.24) is 14.9 Å². The van der Waals surface area contributed by atoms with Crippen LogP contribution in [0.5, 0.6) is 5.75 Å². The maximum Gasteiger partial charge on any atom is 0.143 e. The Kier molecular flexibility index (Phi) is 6.16. The molecule has 6 nitrogen and oxygen atoms in total. The number of likely N-dealkylation sites (N-methyl/N-ethyl adjacent to an activating group) is 1. The molecule has 1 aliphatic carbocycles. The zero-order chi connectivity index (χ0) is 26.5. The van der Waals surface area contributed by atoms with Crippen LogP contribution in [0, 0.1) is 0 Å². The van der Waals surface area contributed by atoms with E-state index in [4.69, 9.17) is 9.26 Å². The first-order chi connectivity index (χ1) is 18.2. The lowest BCUT2D eigenvalue weighted by Crippen LogP contribution is -2.33. The van der Waals surface area contributed by atoms with E-state index < -0.39 is 0 Å². The topological polar surface area (TPSA) is 68.8 Å². The highest BCUT2D eigenvalue weighted by Gasteiger charge is 2.41. The molecule has 1 fully saturated rings. The Morgan fingerprint density at radius 2 is 1.87 bits per heavy atom. The summed E-state index contributed by atoms with van der Waals surface area (Å²) in [5.74, 6) is 1.85. The van der Waals surface area contributed by atoms with Crippen molar-refractivity contribution in [3.8, 4) is 16.9 Å². The lowest BCUT2D eigenvalue weighted by atomic mass is 9.93. The number of fused-ring (bicyclic) bond motifs is 3. The van der Waals surface area contributed by atoms with Crippen LogP contribution in [0.15, 0.2) is 65.3 Å². The fourth-order valence-electron chi connectivity index (χ4n) is 4.74. The maximum absolute atomic E-state index is 12.6. The summed E-state index contributed by atoms with van der Waals surface area (Å²) in [7, 11) is 2.01. The van der Waals surface area contributed by atoms with Crippen molar-refractivity contribution in [3.05, 3.63) is 77.8 Å². The summed E-state index contributed by atoms with van der Waals surface area (Å²) in [6, 6.07) is 18.8. The second kappa shape index (κ2) is 9.40. The first-order valence-corrected chi connectivity index (χ1v) is 14.0. The van der Waals surface area contributed by atoms with Crippen molar-refractivity contribution in [2.24, 2.45) is 0 Å². The van der Waals surface area contributed by atoms with Crippen molar-refractivity contribution >= 4 is 32.2 Å². The molecule has 1 saturated carbocycles. The van der Waals surface area contributed by atoms with Crippen LogP contribution in [0.3, 0.4) is 0 Å². The van der Waals surface area contributed by atoms with Crippen LogP contribution in [0.25, 0.3) is 26.2 Å². The minimum atomic E-state index is -0.118. The van der Waals surface area contributed by atoms with E-state index in [1.807, 2.05) is 25.2 Å². The van der Waals surface area contributed by atoms with Crippen LogP contribution < -0.4 is 10.1 Å². The molecule has 0 spiro atoms. The van der Waals surface area contributed by atoms with Gasteiger partial charge in [0.1, 0.15) is 28.7 Å². The number of rotatable bonds is 9. The number of carbonyl (C=O) groups is 1. The minimum Gasteiger partial charge on any atom is -0.492 e. The molecule has 0 bridgehead atoms. The molecule has 0 saturated heterocycles. The Morgan fingerprint density at radius 3 is 2.55 bits per heavy atom. The second-order valence-corrected chi connectivity index (χ2v) is 12.6. The van der Waals surface area contributed by atoms with Gasteiger partial charge in [0.25, 0.3) is 0 Å². The molecule has 5 aromatic rings. The zero-order valence-corrected chi connectivity index (χ0v) is 23.2. The van der Waals surface area contributed by atoms with Gasteiger partial charge in [-0.25, -0.2) is 0 Å². The summed E-state index contributed by atoms with van der Waals surface area (Å²) in [5, 5.41) is 7.46. The fourth-order valence-corrected chi connectivity index (χ4v) is 5.85. The molecule has 1 aliphatic rings. The molecule has 196 valence electrons. The summed E-state index contributed by atoms with van der Waals surface area (Å²) < 4.78 is 15.0. The molecule has 0 unspecified atom stereocenters. The average molecular weight is 528 g/mol. The van der Waals surface area contributed by atoms with Crippen molar-refractivity contribution in [2.75, 3.05) is 13.7 Å². The number of ketones is 1. The third-order valence-corrected chi connectivity index (χ3v) is 8.52. The molecule has 0 aliphatic heterocycles. The highest BCUT2D eigenvalue weighted by molar-refractivity contribution is 7.24. The highest BCUT2D eigenvalue weighted by Crippen LogP contribution is 2.37. The molecule has 3 heterocycles. The third-order valence-electron chi connectivity index (χ3n) is 7.45. The number of benzene rings is 2. The third kappa shape index (κ3) is 5.00. The Balaban J connectivity index is 1.12. The summed E-state index contributed by atoms with van der Waals surface area (Å²) in [6.45, 7) is 6.92. The number of hydrogen-bond donors (Lipinski definition) is 1. The number of nitrogens with one attached hydrogen (secondary N) is 1. The van der Waals surface area contributed by atoms with E-state index >= 15 is 0 Å². The van der Waals surface area contributed by atoms with Gasteiger partial charge in [-0.05, 0) is 55.3 Å². The first kappa shape index (κ1) is 24.9. The SMILES string of the molecule is CNC1(COc2ccc3c(c2)sc2cc(-c4ccc(CC(=O)Cc5cc(C(C)(C)C)on5)cc4)cn23)CC1. The van der Waals surface area contributed by atoms with Crippen LogP contribution >= 0.6 is 11.3 Å². The van der Waals surface area contributed by atoms with E-state index in [1.54, 1.807) is 11.3 Å². The standard InChI is InChI=1S/C31H33N3O3S/c1-30(2,3)28-16-23(33-37-28)15-24(35)13-20-5-7-21(8-6-20)22-14-29-34(18-22)26-10-9-25(17-27(26)38-29)36-19-31(32-4)11-12-31/h5-10,14,16-18,32H,11-13,15,19H2,1-4H3. The lowest BCUT2D eigenvalue weighted by molar-refractivity contribution is -0.117. The minimum absolute atomic E-state index is 0.118. The van der Waals surface area contributed by atoms with Crippen molar-refractivity contribution in [1.29, 1.82) is 0 Å². The summed E-state index contributed by atoms with van der Waals surface area (Å²) in [6.07, 6.45) is 5.21. The Morgan fingerprint density at radius 1 is 1.08 bits per heavy atom. The van der Waals surface area contributed by atoms with Gasteiger partial charge in [0.2, 0.25) is 0 Å². The number of Topliss-reactive ketones (excluding diaryl/α,β-unsaturated/α-hetero) is 1. The van der Waals surface area contributed by atoms with Gasteiger partial charge in [0.05, 0.1) is 27.9 Å². The zero-order valence-electron chi connectivity index (χ0n) is 22.3. The van der Waals surface area contributed by atoms with E-state index in [0.717, 1.165) is 22.6 Å². The van der Waals surface area contributed by atoms with Gasteiger partial charge < -0.3 is 19.0 Å². The molecule has 2 aromatic carbocycles. The van der Waals surface area contributed by atoms with Gasteiger partial charge in [-0.3, -0.25) is 4.79 Å². The monoisotopic (exact) mass is 527 g/mol. The van der Waals surface area contributed by atoms with Crippen LogP contribution in [0.1, 0.15) is 50.6 Å². The highest BCUT2D eigenvalue weighted by atomic mass is 32.1. The number of aromatic nitrogens is 2. The summed E-state index contributed by atoms with van der Waals surface area (Å²) >= 11 is 1.77. The van der Waals surface area contributed by atoms with E-state index in [1.165, 1.54) is 33.5 Å². The Labute approximate surface area is 226 Å².